The van der Waals surface area contributed by atoms with Crippen LogP contribution in [0.5, 0.6) is 0 Å². The summed E-state index contributed by atoms with van der Waals surface area (Å²) >= 11 is 0. The molecule has 2 N–H and O–H groups in total. The number of aryl methyl sites for hydroxylation is 1. The first-order valence-electron chi connectivity index (χ1n) is 9.15. The van der Waals surface area contributed by atoms with Gasteiger partial charge < -0.3 is 5.32 Å². The number of anilines is 1. The number of amides is 1. The minimum atomic E-state index is -3.80. The zero-order valence-corrected chi connectivity index (χ0v) is 17.0. The van der Waals surface area contributed by atoms with Gasteiger partial charge in [0.05, 0.1) is 4.90 Å². The van der Waals surface area contributed by atoms with Crippen LogP contribution < -0.4 is 10.0 Å². The summed E-state index contributed by atoms with van der Waals surface area (Å²) in [6, 6.07) is 19.1. The predicted octanol–water partition coefficient (Wildman–Crippen LogP) is 4.09. The van der Waals surface area contributed by atoms with E-state index in [-0.39, 0.29) is 16.7 Å². The van der Waals surface area contributed by atoms with Crippen LogP contribution in [0.25, 0.3) is 10.8 Å². The molecule has 3 aromatic carbocycles. The lowest BCUT2D eigenvalue weighted by atomic mass is 10.0. The molecule has 146 valence electrons. The number of benzene rings is 3. The number of hydrogen-bond acceptors (Lipinski definition) is 3. The third-order valence-electron chi connectivity index (χ3n) is 4.58. The van der Waals surface area contributed by atoms with Crippen LogP contribution >= 0.6 is 0 Å². The molecule has 0 radical (unpaired) electrons. The summed E-state index contributed by atoms with van der Waals surface area (Å²) in [4.78, 5) is 13.0. The van der Waals surface area contributed by atoms with Gasteiger partial charge >= 0.3 is 0 Å². The molecule has 0 bridgehead atoms. The molecule has 0 aliphatic carbocycles. The third kappa shape index (κ3) is 4.58. The largest absolute Gasteiger partial charge is 0.325 e. The number of sulfonamides is 1. The molecule has 0 saturated carbocycles. The highest BCUT2D eigenvalue weighted by Crippen LogP contribution is 2.20. The molecule has 3 aromatic rings. The summed E-state index contributed by atoms with van der Waals surface area (Å²) < 4.78 is 27.9. The van der Waals surface area contributed by atoms with Crippen molar-refractivity contribution in [2.45, 2.75) is 31.7 Å². The Bertz CT molecular complexity index is 1090. The van der Waals surface area contributed by atoms with Gasteiger partial charge in [0.2, 0.25) is 15.9 Å². The van der Waals surface area contributed by atoms with E-state index >= 15 is 0 Å². The topological polar surface area (TPSA) is 75.3 Å². The second-order valence-corrected chi connectivity index (χ2v) is 8.92. The van der Waals surface area contributed by atoms with E-state index in [0.717, 1.165) is 16.3 Å². The second kappa shape index (κ2) is 8.12. The molecule has 3 rings (SSSR count). The Labute approximate surface area is 165 Å². The van der Waals surface area contributed by atoms with Gasteiger partial charge in [-0.2, -0.15) is 4.72 Å². The van der Waals surface area contributed by atoms with E-state index in [9.17, 15) is 13.2 Å². The van der Waals surface area contributed by atoms with Crippen LogP contribution in [0, 0.1) is 12.8 Å². The Hall–Kier alpha value is -2.70. The highest BCUT2D eigenvalue weighted by atomic mass is 32.2. The number of carbonyl (C=O) groups is 1. The lowest BCUT2D eigenvalue weighted by Gasteiger charge is -2.22. The van der Waals surface area contributed by atoms with Crippen LogP contribution in [0.1, 0.15) is 19.4 Å². The molecule has 0 heterocycles. The summed E-state index contributed by atoms with van der Waals surface area (Å²) in [6.45, 7) is 5.50. The van der Waals surface area contributed by atoms with E-state index in [1.165, 1.54) is 12.1 Å². The zero-order valence-electron chi connectivity index (χ0n) is 16.1. The Morgan fingerprint density at radius 2 is 1.54 bits per heavy atom. The average Bonchev–Trinajstić information content (AvgIpc) is 2.66. The SMILES string of the molecule is Cc1ccc(S(=O)(=O)NC(C(=O)Nc2ccc3ccccc3c2)C(C)C)cc1. The van der Waals surface area contributed by atoms with Gasteiger partial charge in [-0.25, -0.2) is 8.42 Å². The minimum absolute atomic E-state index is 0.141. The molecule has 1 atom stereocenters. The molecule has 1 unspecified atom stereocenters. The van der Waals surface area contributed by atoms with Crippen molar-refractivity contribution in [1.82, 2.24) is 4.72 Å². The van der Waals surface area contributed by atoms with E-state index in [0.29, 0.717) is 5.69 Å². The van der Waals surface area contributed by atoms with E-state index < -0.39 is 16.1 Å². The first-order valence-corrected chi connectivity index (χ1v) is 10.6. The normalized spacial score (nSPS) is 12.9. The van der Waals surface area contributed by atoms with Crippen molar-refractivity contribution in [3.63, 3.8) is 0 Å². The van der Waals surface area contributed by atoms with Gasteiger partial charge in [-0.1, -0.05) is 61.9 Å². The maximum absolute atomic E-state index is 12.8. The highest BCUT2D eigenvalue weighted by molar-refractivity contribution is 7.89. The fraction of sp³-hybridized carbons (Fsp3) is 0.227. The van der Waals surface area contributed by atoms with E-state index in [2.05, 4.69) is 10.0 Å². The number of hydrogen-bond donors (Lipinski definition) is 2. The smallest absolute Gasteiger partial charge is 0.242 e. The molecule has 5 nitrogen and oxygen atoms in total. The molecule has 0 saturated heterocycles. The lowest BCUT2D eigenvalue weighted by Crippen LogP contribution is -2.47. The Balaban J connectivity index is 1.80. The van der Waals surface area contributed by atoms with Gasteiger partial charge in [0.25, 0.3) is 0 Å². The van der Waals surface area contributed by atoms with Crippen LogP contribution in [-0.2, 0) is 14.8 Å². The van der Waals surface area contributed by atoms with Crippen molar-refractivity contribution < 1.29 is 13.2 Å². The summed E-state index contributed by atoms with van der Waals surface area (Å²) in [5.74, 6) is -0.610. The number of rotatable bonds is 6. The Kier molecular flexibility index (Phi) is 5.82. The fourth-order valence-electron chi connectivity index (χ4n) is 2.93. The maximum Gasteiger partial charge on any atom is 0.242 e. The molecule has 0 spiro atoms. The lowest BCUT2D eigenvalue weighted by molar-refractivity contribution is -0.118. The van der Waals surface area contributed by atoms with Gasteiger partial charge in [0.15, 0.2) is 0 Å². The Morgan fingerprint density at radius 1 is 0.893 bits per heavy atom. The van der Waals surface area contributed by atoms with Crippen molar-refractivity contribution in [2.75, 3.05) is 5.32 Å². The molecular weight excluding hydrogens is 372 g/mol. The van der Waals surface area contributed by atoms with Crippen molar-refractivity contribution in [3.05, 3.63) is 72.3 Å². The third-order valence-corrected chi connectivity index (χ3v) is 6.04. The number of nitrogens with one attached hydrogen (secondary N) is 2. The van der Waals surface area contributed by atoms with Crippen LogP contribution in [0.2, 0.25) is 0 Å². The summed E-state index contributed by atoms with van der Waals surface area (Å²) in [6.07, 6.45) is 0. The van der Waals surface area contributed by atoms with Gasteiger partial charge in [-0.05, 0) is 47.9 Å². The van der Waals surface area contributed by atoms with Crippen LogP contribution in [0.3, 0.4) is 0 Å². The fourth-order valence-corrected chi connectivity index (χ4v) is 4.28. The monoisotopic (exact) mass is 396 g/mol. The quantitative estimate of drug-likeness (QED) is 0.659. The summed E-state index contributed by atoms with van der Waals surface area (Å²) in [5, 5.41) is 4.90. The molecule has 28 heavy (non-hydrogen) atoms. The summed E-state index contributed by atoms with van der Waals surface area (Å²) in [7, 11) is -3.80. The molecular formula is C22H24N2O3S. The minimum Gasteiger partial charge on any atom is -0.325 e. The van der Waals surface area contributed by atoms with Gasteiger partial charge in [-0.3, -0.25) is 4.79 Å². The van der Waals surface area contributed by atoms with E-state index in [1.54, 1.807) is 12.1 Å². The summed E-state index contributed by atoms with van der Waals surface area (Å²) in [5.41, 5.74) is 1.59. The molecule has 1 amide bonds. The van der Waals surface area contributed by atoms with E-state index in [4.69, 9.17) is 0 Å². The molecule has 6 heteroatoms. The van der Waals surface area contributed by atoms with Crippen molar-refractivity contribution >= 4 is 32.4 Å². The average molecular weight is 397 g/mol. The number of fused-ring (bicyclic) bond motifs is 1. The number of carbonyl (C=O) groups excluding carboxylic acids is 1. The zero-order chi connectivity index (χ0) is 20.3. The molecule has 0 aliphatic rings. The van der Waals surface area contributed by atoms with Crippen molar-refractivity contribution in [3.8, 4) is 0 Å². The van der Waals surface area contributed by atoms with Gasteiger partial charge in [0.1, 0.15) is 6.04 Å². The van der Waals surface area contributed by atoms with Crippen LogP contribution in [0.15, 0.2) is 71.6 Å². The molecule has 0 fully saturated rings. The second-order valence-electron chi connectivity index (χ2n) is 7.21. The maximum atomic E-state index is 12.8. The predicted molar refractivity (Wildman–Crippen MR) is 113 cm³/mol. The highest BCUT2D eigenvalue weighted by Gasteiger charge is 2.28. The van der Waals surface area contributed by atoms with Crippen LogP contribution in [-0.4, -0.2) is 20.4 Å². The molecule has 0 aliphatic heterocycles. The van der Waals surface area contributed by atoms with Crippen molar-refractivity contribution in [1.29, 1.82) is 0 Å². The van der Waals surface area contributed by atoms with Crippen molar-refractivity contribution in [2.24, 2.45) is 5.92 Å². The van der Waals surface area contributed by atoms with Gasteiger partial charge in [0, 0.05) is 5.69 Å². The Morgan fingerprint density at radius 3 is 2.18 bits per heavy atom. The molecule has 0 aromatic heterocycles. The first kappa shape index (κ1) is 20.0. The first-order chi connectivity index (χ1) is 13.3. The van der Waals surface area contributed by atoms with E-state index in [1.807, 2.05) is 63.2 Å². The van der Waals surface area contributed by atoms with Gasteiger partial charge in [-0.15, -0.1) is 0 Å². The standard InChI is InChI=1S/C22H24N2O3S/c1-15(2)21(24-28(26,27)20-12-8-16(3)9-13-20)22(25)23-19-11-10-17-6-4-5-7-18(17)14-19/h4-15,21,24H,1-3H3,(H,23,25). The van der Waals surface area contributed by atoms with Crippen LogP contribution in [0.4, 0.5) is 5.69 Å².